The quantitative estimate of drug-likeness (QED) is 0.914. The lowest BCUT2D eigenvalue weighted by Gasteiger charge is -2.20. The molecule has 3 atom stereocenters. The van der Waals surface area contributed by atoms with Crippen LogP contribution in [0, 0.1) is 11.8 Å². The van der Waals surface area contributed by atoms with Gasteiger partial charge < -0.3 is 5.32 Å². The predicted octanol–water partition coefficient (Wildman–Crippen LogP) is 3.54. The third kappa shape index (κ3) is 2.31. The minimum absolute atomic E-state index is 0.0679. The fourth-order valence-corrected chi connectivity index (χ4v) is 4.21. The van der Waals surface area contributed by atoms with E-state index in [2.05, 4.69) is 10.3 Å². The summed E-state index contributed by atoms with van der Waals surface area (Å²) in [4.78, 5) is 16.8. The highest BCUT2D eigenvalue weighted by Crippen LogP contribution is 2.44. The molecule has 4 rings (SSSR count). The van der Waals surface area contributed by atoms with Crippen molar-refractivity contribution in [1.82, 2.24) is 10.3 Å². The van der Waals surface area contributed by atoms with Crippen molar-refractivity contribution in [2.45, 2.75) is 38.1 Å². The Kier molecular flexibility index (Phi) is 3.13. The number of nitrogens with zero attached hydrogens (tertiary/aromatic N) is 1. The van der Waals surface area contributed by atoms with E-state index in [1.165, 1.54) is 25.7 Å². The minimum Gasteiger partial charge on any atom is -0.349 e. The number of carbonyl (C=O) groups excluding carboxylic acids is 1. The number of nitrogens with one attached hydrogen (secondary N) is 1. The highest BCUT2D eigenvalue weighted by atomic mass is 16.1. The third-order valence-electron chi connectivity index (χ3n) is 5.26. The molecule has 0 bridgehead atoms. The smallest absolute Gasteiger partial charge is 0.251 e. The van der Waals surface area contributed by atoms with Crippen molar-refractivity contribution in [1.29, 1.82) is 0 Å². The Balaban J connectivity index is 1.53. The lowest BCUT2D eigenvalue weighted by molar-refractivity contribution is 0.0926. The number of pyridine rings is 1. The number of rotatable bonds is 2. The normalized spacial score (nSPS) is 27.7. The molecule has 0 radical (unpaired) electrons. The molecule has 3 nitrogen and oxygen atoms in total. The Morgan fingerprint density at radius 3 is 3.05 bits per heavy atom. The first-order chi connectivity index (χ1) is 10.3. The molecule has 1 amide bonds. The van der Waals surface area contributed by atoms with Crippen molar-refractivity contribution in [2.75, 3.05) is 0 Å². The highest BCUT2D eigenvalue weighted by Gasteiger charge is 2.39. The zero-order valence-corrected chi connectivity index (χ0v) is 12.1. The minimum atomic E-state index is 0.0679. The lowest BCUT2D eigenvalue weighted by atomic mass is 9.97. The van der Waals surface area contributed by atoms with Crippen LogP contribution < -0.4 is 5.32 Å². The highest BCUT2D eigenvalue weighted by molar-refractivity contribution is 5.98. The second-order valence-electron chi connectivity index (χ2n) is 6.42. The summed E-state index contributed by atoms with van der Waals surface area (Å²) in [5.74, 6) is 1.64. The van der Waals surface area contributed by atoms with Crippen LogP contribution in [0.1, 0.15) is 42.5 Å². The van der Waals surface area contributed by atoms with Crippen LogP contribution in [0.3, 0.4) is 0 Å². The summed E-state index contributed by atoms with van der Waals surface area (Å²) in [6, 6.07) is 10.0. The van der Waals surface area contributed by atoms with Gasteiger partial charge in [-0.05, 0) is 55.4 Å². The Morgan fingerprint density at radius 1 is 1.14 bits per heavy atom. The second kappa shape index (κ2) is 5.14. The molecule has 0 saturated heterocycles. The van der Waals surface area contributed by atoms with Gasteiger partial charge in [0.1, 0.15) is 0 Å². The van der Waals surface area contributed by atoms with Gasteiger partial charge in [-0.2, -0.15) is 0 Å². The summed E-state index contributed by atoms with van der Waals surface area (Å²) in [6.07, 6.45) is 8.20. The van der Waals surface area contributed by atoms with E-state index in [-0.39, 0.29) is 5.91 Å². The molecule has 3 heteroatoms. The summed E-state index contributed by atoms with van der Waals surface area (Å²) in [6.45, 7) is 0. The van der Waals surface area contributed by atoms with Gasteiger partial charge in [-0.15, -0.1) is 0 Å². The van der Waals surface area contributed by atoms with E-state index in [0.717, 1.165) is 34.7 Å². The first kappa shape index (κ1) is 12.8. The summed E-state index contributed by atoms with van der Waals surface area (Å²) in [5.41, 5.74) is 1.68. The first-order valence-corrected chi connectivity index (χ1v) is 7.97. The van der Waals surface area contributed by atoms with Crippen LogP contribution in [-0.4, -0.2) is 16.9 Å². The fraction of sp³-hybridized carbons (Fsp3) is 0.444. The molecule has 1 heterocycles. The van der Waals surface area contributed by atoms with E-state index in [0.29, 0.717) is 6.04 Å². The van der Waals surface area contributed by atoms with Crippen LogP contribution in [-0.2, 0) is 0 Å². The van der Waals surface area contributed by atoms with E-state index in [4.69, 9.17) is 0 Å². The summed E-state index contributed by atoms with van der Waals surface area (Å²) in [7, 11) is 0. The maximum atomic E-state index is 12.5. The molecule has 1 aromatic heterocycles. The van der Waals surface area contributed by atoms with E-state index < -0.39 is 0 Å². The van der Waals surface area contributed by atoms with Crippen molar-refractivity contribution >= 4 is 16.8 Å². The number of hydrogen-bond acceptors (Lipinski definition) is 2. The monoisotopic (exact) mass is 280 g/mol. The standard InChI is InChI=1S/C18H20N2O/c21-18(20-17-9-6-12-3-1-5-15(12)17)14-7-8-16-13(11-14)4-2-10-19-16/h2,4,7-8,10-12,15,17H,1,3,5-6,9H2,(H,20,21)/t12-,15-,17-/m0/s1. The number of hydrogen-bond donors (Lipinski definition) is 1. The van der Waals surface area contributed by atoms with E-state index in [1.807, 2.05) is 30.3 Å². The Bertz CT molecular complexity index is 682. The van der Waals surface area contributed by atoms with Crippen LogP contribution in [0.25, 0.3) is 10.9 Å². The zero-order chi connectivity index (χ0) is 14.2. The van der Waals surface area contributed by atoms with Crippen LogP contribution in [0.5, 0.6) is 0 Å². The Labute approximate surface area is 124 Å². The van der Waals surface area contributed by atoms with Crippen LogP contribution in [0.4, 0.5) is 0 Å². The number of aromatic nitrogens is 1. The summed E-state index contributed by atoms with van der Waals surface area (Å²) >= 11 is 0. The molecule has 21 heavy (non-hydrogen) atoms. The average Bonchev–Trinajstić information content (AvgIpc) is 3.12. The molecule has 1 aromatic carbocycles. The summed E-state index contributed by atoms with van der Waals surface area (Å²) in [5, 5.41) is 4.30. The number of carbonyl (C=O) groups is 1. The third-order valence-corrected chi connectivity index (χ3v) is 5.26. The SMILES string of the molecule is O=C(N[C@H]1CC[C@@H]2CCC[C@@H]21)c1ccc2ncccc2c1. The topological polar surface area (TPSA) is 42.0 Å². The maximum absolute atomic E-state index is 12.5. The Morgan fingerprint density at radius 2 is 2.10 bits per heavy atom. The van der Waals surface area contributed by atoms with Crippen molar-refractivity contribution in [3.8, 4) is 0 Å². The molecular weight excluding hydrogens is 260 g/mol. The van der Waals surface area contributed by atoms with Gasteiger partial charge in [0.25, 0.3) is 5.91 Å². The molecule has 0 aliphatic heterocycles. The summed E-state index contributed by atoms with van der Waals surface area (Å²) < 4.78 is 0. The molecule has 2 aliphatic rings. The van der Waals surface area contributed by atoms with Gasteiger partial charge >= 0.3 is 0 Å². The fourth-order valence-electron chi connectivity index (χ4n) is 4.21. The molecule has 0 unspecified atom stereocenters. The van der Waals surface area contributed by atoms with Gasteiger partial charge in [-0.1, -0.05) is 18.9 Å². The van der Waals surface area contributed by atoms with Gasteiger partial charge in [0, 0.05) is 23.2 Å². The molecule has 1 N–H and O–H groups in total. The van der Waals surface area contributed by atoms with Crippen LogP contribution in [0.15, 0.2) is 36.5 Å². The molecular formula is C18H20N2O. The number of fused-ring (bicyclic) bond motifs is 2. The van der Waals surface area contributed by atoms with Crippen LogP contribution >= 0.6 is 0 Å². The number of benzene rings is 1. The van der Waals surface area contributed by atoms with Crippen LogP contribution in [0.2, 0.25) is 0 Å². The second-order valence-corrected chi connectivity index (χ2v) is 6.42. The van der Waals surface area contributed by atoms with Crippen molar-refractivity contribution in [2.24, 2.45) is 11.8 Å². The zero-order valence-electron chi connectivity index (χ0n) is 12.1. The maximum Gasteiger partial charge on any atom is 0.251 e. The molecule has 2 saturated carbocycles. The van der Waals surface area contributed by atoms with E-state index in [9.17, 15) is 4.79 Å². The van der Waals surface area contributed by atoms with E-state index >= 15 is 0 Å². The van der Waals surface area contributed by atoms with Gasteiger partial charge in [0.2, 0.25) is 0 Å². The van der Waals surface area contributed by atoms with Crippen molar-refractivity contribution < 1.29 is 4.79 Å². The van der Waals surface area contributed by atoms with Gasteiger partial charge in [0.15, 0.2) is 0 Å². The first-order valence-electron chi connectivity index (χ1n) is 7.97. The lowest BCUT2D eigenvalue weighted by Crippen LogP contribution is -2.37. The average molecular weight is 280 g/mol. The molecule has 108 valence electrons. The number of amides is 1. The predicted molar refractivity (Wildman–Crippen MR) is 83.1 cm³/mol. The molecule has 0 spiro atoms. The molecule has 2 aliphatic carbocycles. The molecule has 2 fully saturated rings. The van der Waals surface area contributed by atoms with Gasteiger partial charge in [-0.25, -0.2) is 0 Å². The van der Waals surface area contributed by atoms with E-state index in [1.54, 1.807) is 6.20 Å². The van der Waals surface area contributed by atoms with Gasteiger partial charge in [-0.3, -0.25) is 9.78 Å². The van der Waals surface area contributed by atoms with Gasteiger partial charge in [0.05, 0.1) is 5.52 Å². The van der Waals surface area contributed by atoms with Crippen molar-refractivity contribution in [3.05, 3.63) is 42.1 Å². The molecule has 2 aromatic rings. The largest absolute Gasteiger partial charge is 0.349 e. The van der Waals surface area contributed by atoms with Crippen molar-refractivity contribution in [3.63, 3.8) is 0 Å². The Hall–Kier alpha value is -1.90.